The van der Waals surface area contributed by atoms with Crippen LogP contribution in [0.3, 0.4) is 0 Å². The molecule has 1 aromatic carbocycles. The minimum absolute atomic E-state index is 0.374. The molecule has 15 heavy (non-hydrogen) atoms. The minimum Gasteiger partial charge on any atom is -0.207 e. The van der Waals surface area contributed by atoms with Crippen molar-refractivity contribution in [3.63, 3.8) is 0 Å². The highest BCUT2D eigenvalue weighted by atomic mass is 79.9. The van der Waals surface area contributed by atoms with E-state index in [9.17, 15) is 8.42 Å². The Bertz CT molecular complexity index is 452. The van der Waals surface area contributed by atoms with Gasteiger partial charge in [0.2, 0.25) is 10.0 Å². The first-order chi connectivity index (χ1) is 7.10. The Morgan fingerprint density at radius 1 is 1.20 bits per heavy atom. The van der Waals surface area contributed by atoms with Crippen LogP contribution in [0.25, 0.3) is 0 Å². The van der Waals surface area contributed by atoms with E-state index < -0.39 is 10.0 Å². The van der Waals surface area contributed by atoms with Crippen LogP contribution < -0.4 is 0 Å². The van der Waals surface area contributed by atoms with Gasteiger partial charge < -0.3 is 0 Å². The van der Waals surface area contributed by atoms with E-state index in [1.54, 1.807) is 22.5 Å². The van der Waals surface area contributed by atoms with Crippen molar-refractivity contribution in [2.45, 2.75) is 17.7 Å². The molecule has 0 unspecified atom stereocenters. The summed E-state index contributed by atoms with van der Waals surface area (Å²) in [6.45, 7) is 1.30. The summed E-state index contributed by atoms with van der Waals surface area (Å²) in [5.41, 5.74) is 0. The molecule has 0 spiro atoms. The quantitative estimate of drug-likeness (QED) is 0.837. The smallest absolute Gasteiger partial charge is 0.207 e. The van der Waals surface area contributed by atoms with Crippen LogP contribution in [0.15, 0.2) is 33.6 Å². The summed E-state index contributed by atoms with van der Waals surface area (Å²) in [7, 11) is -3.26. The lowest BCUT2D eigenvalue weighted by Gasteiger charge is -2.15. The van der Waals surface area contributed by atoms with Gasteiger partial charge in [0.05, 0.1) is 4.90 Å². The van der Waals surface area contributed by atoms with Crippen LogP contribution in [-0.2, 0) is 10.0 Å². The van der Waals surface area contributed by atoms with Crippen molar-refractivity contribution in [3.8, 4) is 0 Å². The Morgan fingerprint density at radius 2 is 1.87 bits per heavy atom. The molecule has 1 aliphatic heterocycles. The number of nitrogens with zero attached hydrogens (tertiary/aromatic N) is 1. The fraction of sp³-hybridized carbons (Fsp3) is 0.400. The monoisotopic (exact) mass is 289 g/mol. The van der Waals surface area contributed by atoms with E-state index in [0.717, 1.165) is 17.3 Å². The van der Waals surface area contributed by atoms with Gasteiger partial charge in [-0.05, 0) is 31.0 Å². The van der Waals surface area contributed by atoms with Crippen LogP contribution in [0.5, 0.6) is 0 Å². The summed E-state index contributed by atoms with van der Waals surface area (Å²) in [6.07, 6.45) is 1.93. The molecule has 82 valence electrons. The molecule has 1 fully saturated rings. The maximum atomic E-state index is 12.1. The predicted octanol–water partition coefficient (Wildman–Crippen LogP) is 2.23. The van der Waals surface area contributed by atoms with Crippen molar-refractivity contribution < 1.29 is 8.42 Å². The standard InChI is InChI=1S/C10H12BrNO2S/c11-9-4-3-5-10(8-9)15(13,14)12-6-1-2-7-12/h3-5,8H,1-2,6-7H2. The van der Waals surface area contributed by atoms with Crippen molar-refractivity contribution in [2.75, 3.05) is 13.1 Å². The summed E-state index contributed by atoms with van der Waals surface area (Å²) in [6, 6.07) is 6.85. The molecule has 1 saturated heterocycles. The van der Waals surface area contributed by atoms with E-state index in [0.29, 0.717) is 18.0 Å². The van der Waals surface area contributed by atoms with Gasteiger partial charge in [-0.25, -0.2) is 8.42 Å². The average molecular weight is 290 g/mol. The van der Waals surface area contributed by atoms with Crippen LogP contribution in [0.4, 0.5) is 0 Å². The van der Waals surface area contributed by atoms with Gasteiger partial charge in [0.1, 0.15) is 0 Å². The number of rotatable bonds is 2. The SMILES string of the molecule is O=S(=O)(c1cccc(Br)c1)N1CCCC1. The normalized spacial score (nSPS) is 18.2. The number of benzene rings is 1. The van der Waals surface area contributed by atoms with Gasteiger partial charge in [0.25, 0.3) is 0 Å². The van der Waals surface area contributed by atoms with Gasteiger partial charge in [-0.2, -0.15) is 4.31 Å². The van der Waals surface area contributed by atoms with Crippen LogP contribution >= 0.6 is 15.9 Å². The molecular formula is C10H12BrNO2S. The van der Waals surface area contributed by atoms with Crippen molar-refractivity contribution in [1.82, 2.24) is 4.31 Å². The molecule has 0 aromatic heterocycles. The van der Waals surface area contributed by atoms with Crippen LogP contribution in [0, 0.1) is 0 Å². The van der Waals surface area contributed by atoms with Gasteiger partial charge in [-0.15, -0.1) is 0 Å². The summed E-state index contributed by atoms with van der Waals surface area (Å²) >= 11 is 3.28. The lowest BCUT2D eigenvalue weighted by atomic mass is 10.4. The first kappa shape index (κ1) is 11.1. The highest BCUT2D eigenvalue weighted by Gasteiger charge is 2.26. The lowest BCUT2D eigenvalue weighted by molar-refractivity contribution is 0.477. The first-order valence-electron chi connectivity index (χ1n) is 4.86. The molecule has 2 rings (SSSR count). The molecule has 1 aliphatic rings. The Labute approximate surface area is 98.3 Å². The Balaban J connectivity index is 2.36. The zero-order chi connectivity index (χ0) is 10.9. The number of hydrogen-bond donors (Lipinski definition) is 0. The third-order valence-corrected chi connectivity index (χ3v) is 4.89. The Hall–Kier alpha value is -0.390. The third-order valence-electron chi connectivity index (χ3n) is 2.50. The van der Waals surface area contributed by atoms with E-state index >= 15 is 0 Å². The summed E-state index contributed by atoms with van der Waals surface area (Å²) in [4.78, 5) is 0.374. The average Bonchev–Trinajstić information content (AvgIpc) is 2.71. The fourth-order valence-corrected chi connectivity index (χ4v) is 3.82. The number of sulfonamides is 1. The second kappa shape index (κ2) is 4.23. The van der Waals surface area contributed by atoms with Gasteiger partial charge in [0, 0.05) is 17.6 Å². The van der Waals surface area contributed by atoms with Crippen molar-refractivity contribution in [2.24, 2.45) is 0 Å². The largest absolute Gasteiger partial charge is 0.243 e. The third kappa shape index (κ3) is 2.24. The molecule has 0 saturated carbocycles. The molecule has 3 nitrogen and oxygen atoms in total. The molecule has 0 N–H and O–H groups in total. The molecule has 0 atom stereocenters. The maximum absolute atomic E-state index is 12.1. The lowest BCUT2D eigenvalue weighted by Crippen LogP contribution is -2.27. The molecule has 1 aromatic rings. The van der Waals surface area contributed by atoms with E-state index in [2.05, 4.69) is 15.9 Å². The summed E-state index contributed by atoms with van der Waals surface area (Å²) in [5, 5.41) is 0. The molecule has 0 aliphatic carbocycles. The molecule has 1 heterocycles. The maximum Gasteiger partial charge on any atom is 0.243 e. The molecule has 5 heteroatoms. The minimum atomic E-state index is -3.26. The summed E-state index contributed by atoms with van der Waals surface area (Å²) < 4.78 is 26.5. The van der Waals surface area contributed by atoms with Crippen molar-refractivity contribution in [1.29, 1.82) is 0 Å². The van der Waals surface area contributed by atoms with Gasteiger partial charge in [-0.3, -0.25) is 0 Å². The van der Waals surface area contributed by atoms with Crippen LogP contribution in [-0.4, -0.2) is 25.8 Å². The zero-order valence-electron chi connectivity index (χ0n) is 8.19. The Morgan fingerprint density at radius 3 is 2.47 bits per heavy atom. The van der Waals surface area contributed by atoms with Crippen molar-refractivity contribution >= 4 is 26.0 Å². The summed E-state index contributed by atoms with van der Waals surface area (Å²) in [5.74, 6) is 0. The van der Waals surface area contributed by atoms with E-state index in [1.165, 1.54) is 0 Å². The van der Waals surface area contributed by atoms with Crippen molar-refractivity contribution in [3.05, 3.63) is 28.7 Å². The zero-order valence-corrected chi connectivity index (χ0v) is 10.6. The second-order valence-electron chi connectivity index (χ2n) is 3.57. The van der Waals surface area contributed by atoms with E-state index in [4.69, 9.17) is 0 Å². The van der Waals surface area contributed by atoms with Crippen LogP contribution in [0.2, 0.25) is 0 Å². The van der Waals surface area contributed by atoms with Gasteiger partial charge >= 0.3 is 0 Å². The van der Waals surface area contributed by atoms with Gasteiger partial charge in [0.15, 0.2) is 0 Å². The molecule has 0 radical (unpaired) electrons. The number of hydrogen-bond acceptors (Lipinski definition) is 2. The highest BCUT2D eigenvalue weighted by molar-refractivity contribution is 9.10. The molecule has 0 bridgehead atoms. The fourth-order valence-electron chi connectivity index (χ4n) is 1.70. The van der Waals surface area contributed by atoms with E-state index in [1.807, 2.05) is 6.07 Å². The second-order valence-corrected chi connectivity index (χ2v) is 6.42. The van der Waals surface area contributed by atoms with Crippen LogP contribution in [0.1, 0.15) is 12.8 Å². The topological polar surface area (TPSA) is 37.4 Å². The first-order valence-corrected chi connectivity index (χ1v) is 7.10. The number of halogens is 1. The van der Waals surface area contributed by atoms with Gasteiger partial charge in [-0.1, -0.05) is 22.0 Å². The molecular weight excluding hydrogens is 278 g/mol. The molecule has 0 amide bonds. The van der Waals surface area contributed by atoms with E-state index in [-0.39, 0.29) is 0 Å². The predicted molar refractivity (Wildman–Crippen MR) is 62.1 cm³/mol. The Kier molecular flexibility index (Phi) is 3.13. The highest BCUT2D eigenvalue weighted by Crippen LogP contribution is 2.22.